The van der Waals surface area contributed by atoms with Crippen LogP contribution < -0.4 is 4.74 Å². The average Bonchev–Trinajstić information content (AvgIpc) is 3.31. The molecule has 6 heteroatoms. The average molecular weight is 403 g/mol. The van der Waals surface area contributed by atoms with Gasteiger partial charge in [-0.3, -0.25) is 9.69 Å². The summed E-state index contributed by atoms with van der Waals surface area (Å²) >= 11 is 0. The van der Waals surface area contributed by atoms with Crippen molar-refractivity contribution in [1.29, 1.82) is 0 Å². The van der Waals surface area contributed by atoms with Gasteiger partial charge in [0.2, 0.25) is 0 Å². The monoisotopic (exact) mass is 403 g/mol. The molecule has 1 saturated heterocycles. The van der Waals surface area contributed by atoms with Gasteiger partial charge >= 0.3 is 0 Å². The van der Waals surface area contributed by atoms with Crippen molar-refractivity contribution >= 4 is 5.91 Å². The minimum Gasteiger partial charge on any atom is -0.472 e. The number of carbonyl (C=O) groups excluding carboxylic acids is 1. The summed E-state index contributed by atoms with van der Waals surface area (Å²) in [5.74, 6) is 0.727. The SMILES string of the molecule is Cc1cc2c(cc1Cc1ccc(-n3cccn3)cc1)C(=O)N([C@@H]1CCCOC1)CO2. The van der Waals surface area contributed by atoms with E-state index in [1.165, 1.54) is 5.56 Å². The standard InChI is InChI=1S/C24H25N3O3/c1-17-12-23-22(24(28)26(16-30-23)21-4-2-11-29-15-21)14-19(17)13-18-5-7-20(8-6-18)27-10-3-9-25-27/h3,5-10,12,14,21H,2,4,11,13,15-16H2,1H3/t21-/m1/s1. The third-order valence-corrected chi connectivity index (χ3v) is 5.97. The van der Waals surface area contributed by atoms with E-state index in [2.05, 4.69) is 36.3 Å². The number of benzene rings is 2. The Morgan fingerprint density at radius 1 is 1.20 bits per heavy atom. The highest BCUT2D eigenvalue weighted by Crippen LogP contribution is 2.31. The summed E-state index contributed by atoms with van der Waals surface area (Å²) in [5, 5.41) is 4.27. The molecule has 2 aliphatic heterocycles. The van der Waals surface area contributed by atoms with Crippen LogP contribution in [0.25, 0.3) is 5.69 Å². The van der Waals surface area contributed by atoms with Gasteiger partial charge in [0, 0.05) is 19.0 Å². The number of ether oxygens (including phenoxy) is 2. The molecule has 0 aliphatic carbocycles. The summed E-state index contributed by atoms with van der Waals surface area (Å²) < 4.78 is 13.4. The summed E-state index contributed by atoms with van der Waals surface area (Å²) in [5.41, 5.74) is 5.14. The van der Waals surface area contributed by atoms with E-state index in [1.807, 2.05) is 34.0 Å². The molecule has 3 aromatic rings. The quantitative estimate of drug-likeness (QED) is 0.666. The van der Waals surface area contributed by atoms with Gasteiger partial charge in [-0.1, -0.05) is 12.1 Å². The molecule has 1 fully saturated rings. The molecule has 30 heavy (non-hydrogen) atoms. The molecule has 0 bridgehead atoms. The van der Waals surface area contributed by atoms with E-state index in [0.29, 0.717) is 24.7 Å². The Morgan fingerprint density at radius 2 is 2.07 bits per heavy atom. The number of amides is 1. The van der Waals surface area contributed by atoms with Crippen molar-refractivity contribution in [3.8, 4) is 11.4 Å². The maximum Gasteiger partial charge on any atom is 0.260 e. The second-order valence-electron chi connectivity index (χ2n) is 7.99. The summed E-state index contributed by atoms with van der Waals surface area (Å²) in [6, 6.07) is 14.4. The van der Waals surface area contributed by atoms with E-state index in [0.717, 1.165) is 42.7 Å². The first-order chi connectivity index (χ1) is 14.7. The molecule has 6 nitrogen and oxygen atoms in total. The third kappa shape index (κ3) is 3.59. The maximum absolute atomic E-state index is 13.2. The van der Waals surface area contributed by atoms with Crippen LogP contribution in [0.2, 0.25) is 0 Å². The molecule has 5 rings (SSSR count). The van der Waals surface area contributed by atoms with Gasteiger partial charge in [-0.05, 0) is 73.2 Å². The predicted octanol–water partition coefficient (Wildman–Crippen LogP) is 3.74. The van der Waals surface area contributed by atoms with Crippen molar-refractivity contribution < 1.29 is 14.3 Å². The van der Waals surface area contributed by atoms with Crippen LogP contribution in [-0.4, -0.2) is 46.6 Å². The molecule has 0 saturated carbocycles. The Morgan fingerprint density at radius 3 is 2.80 bits per heavy atom. The van der Waals surface area contributed by atoms with E-state index in [4.69, 9.17) is 9.47 Å². The third-order valence-electron chi connectivity index (χ3n) is 5.97. The Balaban J connectivity index is 1.38. The number of fused-ring (bicyclic) bond motifs is 1. The Hall–Kier alpha value is -3.12. The van der Waals surface area contributed by atoms with Gasteiger partial charge in [0.25, 0.3) is 5.91 Å². The van der Waals surface area contributed by atoms with E-state index >= 15 is 0 Å². The molecule has 3 heterocycles. The Bertz CT molecular complexity index is 1040. The summed E-state index contributed by atoms with van der Waals surface area (Å²) in [6.45, 7) is 3.74. The number of rotatable bonds is 4. The number of aryl methyl sites for hydroxylation is 1. The Kier molecular flexibility index (Phi) is 5.01. The summed E-state index contributed by atoms with van der Waals surface area (Å²) in [7, 11) is 0. The van der Waals surface area contributed by atoms with Crippen molar-refractivity contribution in [2.24, 2.45) is 0 Å². The highest BCUT2D eigenvalue weighted by molar-refractivity contribution is 5.98. The highest BCUT2D eigenvalue weighted by atomic mass is 16.5. The molecule has 0 spiro atoms. The van der Waals surface area contributed by atoms with Crippen molar-refractivity contribution in [3.63, 3.8) is 0 Å². The lowest BCUT2D eigenvalue weighted by Crippen LogP contribution is -2.49. The van der Waals surface area contributed by atoms with E-state index in [-0.39, 0.29) is 11.9 Å². The fourth-order valence-electron chi connectivity index (χ4n) is 4.20. The fraction of sp³-hybridized carbons (Fsp3) is 0.333. The van der Waals surface area contributed by atoms with Gasteiger partial charge in [0.15, 0.2) is 6.73 Å². The number of hydrogen-bond donors (Lipinski definition) is 0. The first-order valence-electron chi connectivity index (χ1n) is 10.4. The molecule has 1 aromatic heterocycles. The van der Waals surface area contributed by atoms with Crippen molar-refractivity contribution in [1.82, 2.24) is 14.7 Å². The van der Waals surface area contributed by atoms with Crippen LogP contribution in [0.15, 0.2) is 54.9 Å². The lowest BCUT2D eigenvalue weighted by Gasteiger charge is -2.37. The fourth-order valence-corrected chi connectivity index (χ4v) is 4.20. The maximum atomic E-state index is 13.2. The number of aromatic nitrogens is 2. The van der Waals surface area contributed by atoms with Gasteiger partial charge in [0.05, 0.1) is 23.9 Å². The zero-order chi connectivity index (χ0) is 20.5. The second kappa shape index (κ2) is 7.95. The van der Waals surface area contributed by atoms with Crippen LogP contribution in [0.4, 0.5) is 0 Å². The van der Waals surface area contributed by atoms with E-state index < -0.39 is 0 Å². The van der Waals surface area contributed by atoms with Gasteiger partial charge in [-0.2, -0.15) is 5.10 Å². The number of carbonyl (C=O) groups is 1. The first-order valence-corrected chi connectivity index (χ1v) is 10.4. The van der Waals surface area contributed by atoms with Gasteiger partial charge in [0.1, 0.15) is 5.75 Å². The molecule has 1 amide bonds. The minimum atomic E-state index is 0.0435. The van der Waals surface area contributed by atoms with Crippen molar-refractivity contribution in [3.05, 3.63) is 77.1 Å². The Labute approximate surface area is 176 Å². The van der Waals surface area contributed by atoms with Gasteiger partial charge in [-0.25, -0.2) is 4.68 Å². The number of hydrogen-bond acceptors (Lipinski definition) is 4. The first kappa shape index (κ1) is 18.9. The van der Waals surface area contributed by atoms with E-state index in [1.54, 1.807) is 6.20 Å². The van der Waals surface area contributed by atoms with Crippen LogP contribution in [0.1, 0.15) is 39.9 Å². The lowest BCUT2D eigenvalue weighted by atomic mass is 9.96. The molecule has 2 aromatic carbocycles. The molecule has 154 valence electrons. The molecule has 1 atom stereocenters. The number of nitrogens with zero attached hydrogens (tertiary/aromatic N) is 3. The van der Waals surface area contributed by atoms with E-state index in [9.17, 15) is 4.79 Å². The smallest absolute Gasteiger partial charge is 0.260 e. The molecular formula is C24H25N3O3. The second-order valence-corrected chi connectivity index (χ2v) is 7.99. The molecular weight excluding hydrogens is 378 g/mol. The normalized spacial score (nSPS) is 18.8. The molecule has 0 unspecified atom stereocenters. The largest absolute Gasteiger partial charge is 0.472 e. The topological polar surface area (TPSA) is 56.6 Å². The van der Waals surface area contributed by atoms with Crippen LogP contribution >= 0.6 is 0 Å². The zero-order valence-corrected chi connectivity index (χ0v) is 17.1. The van der Waals surface area contributed by atoms with Crippen LogP contribution in [0.5, 0.6) is 5.75 Å². The molecule has 0 radical (unpaired) electrons. The molecule has 0 N–H and O–H groups in total. The minimum absolute atomic E-state index is 0.0435. The van der Waals surface area contributed by atoms with Crippen molar-refractivity contribution in [2.75, 3.05) is 19.9 Å². The highest BCUT2D eigenvalue weighted by Gasteiger charge is 2.32. The predicted molar refractivity (Wildman–Crippen MR) is 113 cm³/mol. The lowest BCUT2D eigenvalue weighted by molar-refractivity contribution is -0.00993. The summed E-state index contributed by atoms with van der Waals surface area (Å²) in [4.78, 5) is 15.0. The van der Waals surface area contributed by atoms with Crippen LogP contribution in [0.3, 0.4) is 0 Å². The van der Waals surface area contributed by atoms with Crippen LogP contribution in [0, 0.1) is 6.92 Å². The molecule has 2 aliphatic rings. The van der Waals surface area contributed by atoms with Crippen molar-refractivity contribution in [2.45, 2.75) is 32.2 Å². The van der Waals surface area contributed by atoms with Crippen LogP contribution in [-0.2, 0) is 11.2 Å². The summed E-state index contributed by atoms with van der Waals surface area (Å²) in [6.07, 6.45) is 6.41. The zero-order valence-electron chi connectivity index (χ0n) is 17.1. The van der Waals surface area contributed by atoms with Gasteiger partial charge in [-0.15, -0.1) is 0 Å². The van der Waals surface area contributed by atoms with Gasteiger partial charge < -0.3 is 9.47 Å².